The van der Waals surface area contributed by atoms with Gasteiger partial charge in [-0.05, 0) is 38.8 Å². The summed E-state index contributed by atoms with van der Waals surface area (Å²) in [5.74, 6) is 1.18. The number of aryl methyl sites for hydroxylation is 2. The van der Waals surface area contributed by atoms with Crippen LogP contribution in [0.25, 0.3) is 21.9 Å². The molecule has 0 bridgehead atoms. The van der Waals surface area contributed by atoms with Crippen LogP contribution in [-0.4, -0.2) is 27.2 Å². The first-order valence-electron chi connectivity index (χ1n) is 9.05. The van der Waals surface area contributed by atoms with Crippen molar-refractivity contribution < 1.29 is 4.74 Å². The van der Waals surface area contributed by atoms with Crippen LogP contribution >= 0.6 is 0 Å². The van der Waals surface area contributed by atoms with Gasteiger partial charge in [-0.1, -0.05) is 25.5 Å². The van der Waals surface area contributed by atoms with Crippen LogP contribution < -0.4 is 0 Å². The highest BCUT2D eigenvalue weighted by Crippen LogP contribution is 2.25. The van der Waals surface area contributed by atoms with E-state index in [1.807, 2.05) is 12.3 Å². The number of nitrogens with zero attached hydrogens (tertiary/aromatic N) is 3. The van der Waals surface area contributed by atoms with Gasteiger partial charge in [-0.3, -0.25) is 4.98 Å². The highest BCUT2D eigenvalue weighted by atomic mass is 16.5. The molecule has 0 saturated heterocycles. The zero-order valence-corrected chi connectivity index (χ0v) is 15.0. The lowest BCUT2D eigenvalue weighted by Gasteiger charge is -2.11. The summed E-state index contributed by atoms with van der Waals surface area (Å²) < 4.78 is 8.08. The van der Waals surface area contributed by atoms with Crippen molar-refractivity contribution >= 4 is 21.9 Å². The molecule has 1 aromatic carbocycles. The van der Waals surface area contributed by atoms with Crippen molar-refractivity contribution in [1.29, 1.82) is 0 Å². The van der Waals surface area contributed by atoms with Crippen LogP contribution in [0.2, 0.25) is 0 Å². The van der Waals surface area contributed by atoms with Gasteiger partial charge in [-0.15, -0.1) is 0 Å². The predicted octanol–water partition coefficient (Wildman–Crippen LogP) is 4.74. The monoisotopic (exact) mass is 325 g/mol. The second-order valence-electron chi connectivity index (χ2n) is 6.56. The lowest BCUT2D eigenvalue weighted by Crippen LogP contribution is -2.09. The van der Waals surface area contributed by atoms with Gasteiger partial charge < -0.3 is 9.30 Å². The lowest BCUT2D eigenvalue weighted by molar-refractivity contribution is 0.0749. The van der Waals surface area contributed by atoms with Crippen molar-refractivity contribution in [3.05, 3.63) is 36.3 Å². The fourth-order valence-electron chi connectivity index (χ4n) is 3.11. The summed E-state index contributed by atoms with van der Waals surface area (Å²) in [6.45, 7) is 8.09. The standard InChI is InChI=1S/C20H27N3O/c1-4-5-9-18-22-17-11-10-16-8-6-12-21-19(16)20(17)23(18)13-7-14-24-15(2)3/h6,8,10-12,15H,4-5,7,9,13-14H2,1-3H3. The van der Waals surface area contributed by atoms with E-state index in [-0.39, 0.29) is 6.10 Å². The molecule has 0 aliphatic heterocycles. The number of hydrogen-bond donors (Lipinski definition) is 0. The Morgan fingerprint density at radius 3 is 2.83 bits per heavy atom. The lowest BCUT2D eigenvalue weighted by atomic mass is 10.2. The van der Waals surface area contributed by atoms with Crippen LogP contribution in [0.1, 0.15) is 45.9 Å². The Labute approximate surface area is 143 Å². The highest BCUT2D eigenvalue weighted by molar-refractivity contribution is 6.01. The summed E-state index contributed by atoms with van der Waals surface area (Å²) in [5.41, 5.74) is 3.27. The molecule has 0 unspecified atom stereocenters. The first kappa shape index (κ1) is 16.9. The first-order chi connectivity index (χ1) is 11.7. The summed E-state index contributed by atoms with van der Waals surface area (Å²) in [7, 11) is 0. The summed E-state index contributed by atoms with van der Waals surface area (Å²) in [6.07, 6.45) is 6.51. The Morgan fingerprint density at radius 1 is 1.17 bits per heavy atom. The number of fused-ring (bicyclic) bond motifs is 3. The molecule has 3 aromatic rings. The van der Waals surface area contributed by atoms with Crippen LogP contribution in [0.3, 0.4) is 0 Å². The van der Waals surface area contributed by atoms with Crippen molar-refractivity contribution in [2.75, 3.05) is 6.61 Å². The molecule has 0 spiro atoms. The van der Waals surface area contributed by atoms with Crippen LogP contribution in [0, 0.1) is 0 Å². The number of pyridine rings is 1. The SMILES string of the molecule is CCCCc1nc2ccc3cccnc3c2n1CCCOC(C)C. The van der Waals surface area contributed by atoms with Crippen molar-refractivity contribution in [2.24, 2.45) is 0 Å². The fourth-order valence-corrected chi connectivity index (χ4v) is 3.11. The summed E-state index contributed by atoms with van der Waals surface area (Å²) in [4.78, 5) is 9.52. The third-order valence-electron chi connectivity index (χ3n) is 4.29. The second-order valence-corrected chi connectivity index (χ2v) is 6.56. The van der Waals surface area contributed by atoms with Gasteiger partial charge in [0.25, 0.3) is 0 Å². The van der Waals surface area contributed by atoms with Gasteiger partial charge in [0.15, 0.2) is 0 Å². The minimum atomic E-state index is 0.284. The number of unbranched alkanes of at least 4 members (excludes halogenated alkanes) is 1. The molecule has 0 saturated carbocycles. The van der Waals surface area contributed by atoms with Gasteiger partial charge >= 0.3 is 0 Å². The maximum absolute atomic E-state index is 5.71. The van der Waals surface area contributed by atoms with E-state index in [1.165, 1.54) is 23.1 Å². The Kier molecular flexibility index (Phi) is 5.46. The quantitative estimate of drug-likeness (QED) is 0.561. The van der Waals surface area contributed by atoms with E-state index in [1.54, 1.807) is 0 Å². The summed E-state index contributed by atoms with van der Waals surface area (Å²) >= 11 is 0. The van der Waals surface area contributed by atoms with Gasteiger partial charge in [0.1, 0.15) is 5.82 Å². The smallest absolute Gasteiger partial charge is 0.109 e. The Balaban J connectivity index is 1.98. The number of benzene rings is 1. The zero-order chi connectivity index (χ0) is 16.9. The third-order valence-corrected chi connectivity index (χ3v) is 4.29. The molecule has 0 aliphatic rings. The van der Waals surface area contributed by atoms with Crippen molar-refractivity contribution in [2.45, 2.75) is 59.1 Å². The second kappa shape index (κ2) is 7.75. The Hall–Kier alpha value is -1.94. The predicted molar refractivity (Wildman–Crippen MR) is 99.4 cm³/mol. The van der Waals surface area contributed by atoms with E-state index in [9.17, 15) is 0 Å². The van der Waals surface area contributed by atoms with E-state index in [0.717, 1.165) is 43.4 Å². The number of imidazole rings is 1. The minimum absolute atomic E-state index is 0.284. The normalized spacial score (nSPS) is 11.8. The third kappa shape index (κ3) is 3.59. The molecule has 0 radical (unpaired) electrons. The van der Waals surface area contributed by atoms with Crippen LogP contribution in [0.5, 0.6) is 0 Å². The molecule has 3 rings (SSSR count). The van der Waals surface area contributed by atoms with E-state index >= 15 is 0 Å². The molecule has 128 valence electrons. The zero-order valence-electron chi connectivity index (χ0n) is 15.0. The molecule has 0 aliphatic carbocycles. The van der Waals surface area contributed by atoms with Gasteiger partial charge in [0, 0.05) is 31.2 Å². The number of ether oxygens (including phenoxy) is 1. The number of rotatable bonds is 8. The fraction of sp³-hybridized carbons (Fsp3) is 0.500. The summed E-state index contributed by atoms with van der Waals surface area (Å²) in [5, 5.41) is 1.17. The molecule has 4 heteroatoms. The van der Waals surface area contributed by atoms with Crippen LogP contribution in [0.4, 0.5) is 0 Å². The molecular formula is C20H27N3O. The topological polar surface area (TPSA) is 39.9 Å². The maximum Gasteiger partial charge on any atom is 0.109 e. The van der Waals surface area contributed by atoms with Crippen LogP contribution in [-0.2, 0) is 17.7 Å². The van der Waals surface area contributed by atoms with Crippen LogP contribution in [0.15, 0.2) is 30.5 Å². The van der Waals surface area contributed by atoms with Crippen molar-refractivity contribution in [1.82, 2.24) is 14.5 Å². The first-order valence-corrected chi connectivity index (χ1v) is 9.05. The van der Waals surface area contributed by atoms with Gasteiger partial charge in [-0.2, -0.15) is 0 Å². The van der Waals surface area contributed by atoms with E-state index in [4.69, 9.17) is 9.72 Å². The van der Waals surface area contributed by atoms with Gasteiger partial charge in [0.2, 0.25) is 0 Å². The molecule has 0 fully saturated rings. The van der Waals surface area contributed by atoms with Gasteiger partial charge in [-0.25, -0.2) is 4.98 Å². The molecular weight excluding hydrogens is 298 g/mol. The summed E-state index contributed by atoms with van der Waals surface area (Å²) in [6, 6.07) is 8.35. The number of aromatic nitrogens is 3. The number of hydrogen-bond acceptors (Lipinski definition) is 3. The molecule has 0 amide bonds. The molecule has 24 heavy (non-hydrogen) atoms. The Morgan fingerprint density at radius 2 is 2.04 bits per heavy atom. The maximum atomic E-state index is 5.71. The average Bonchev–Trinajstić information content (AvgIpc) is 2.94. The molecule has 2 heterocycles. The molecule has 0 N–H and O–H groups in total. The average molecular weight is 325 g/mol. The molecule has 0 atom stereocenters. The molecule has 4 nitrogen and oxygen atoms in total. The van der Waals surface area contributed by atoms with E-state index < -0.39 is 0 Å². The highest BCUT2D eigenvalue weighted by Gasteiger charge is 2.14. The Bertz CT molecular complexity index is 807. The van der Waals surface area contributed by atoms with E-state index in [0.29, 0.717) is 0 Å². The minimum Gasteiger partial charge on any atom is -0.379 e. The van der Waals surface area contributed by atoms with Gasteiger partial charge in [0.05, 0.1) is 22.7 Å². The van der Waals surface area contributed by atoms with Crippen molar-refractivity contribution in [3.63, 3.8) is 0 Å². The van der Waals surface area contributed by atoms with Crippen molar-refractivity contribution in [3.8, 4) is 0 Å². The largest absolute Gasteiger partial charge is 0.379 e. The van der Waals surface area contributed by atoms with E-state index in [2.05, 4.69) is 48.5 Å². The molecule has 2 aromatic heterocycles.